The summed E-state index contributed by atoms with van der Waals surface area (Å²) in [5.41, 5.74) is 1.67. The highest BCUT2D eigenvalue weighted by Crippen LogP contribution is 2.38. The van der Waals surface area contributed by atoms with Gasteiger partial charge in [0.25, 0.3) is 0 Å². The molecule has 24 heavy (non-hydrogen) atoms. The molecule has 130 valence electrons. The van der Waals surface area contributed by atoms with Crippen LogP contribution >= 0.6 is 0 Å². The number of ether oxygens (including phenoxy) is 1. The van der Waals surface area contributed by atoms with Crippen LogP contribution in [0, 0.1) is 24.7 Å². The molecule has 1 amide bonds. The zero-order valence-electron chi connectivity index (χ0n) is 14.4. The van der Waals surface area contributed by atoms with Gasteiger partial charge in [0.1, 0.15) is 0 Å². The third-order valence-corrected chi connectivity index (χ3v) is 6.11. The number of nitrogens with zero attached hydrogens (tertiary/aromatic N) is 2. The van der Waals surface area contributed by atoms with Crippen LogP contribution in [0.25, 0.3) is 0 Å². The molecule has 3 fully saturated rings. The van der Waals surface area contributed by atoms with Gasteiger partial charge in [-0.25, -0.2) is 0 Å². The topological polar surface area (TPSA) is 54.5 Å². The van der Waals surface area contributed by atoms with Crippen molar-refractivity contribution in [2.24, 2.45) is 17.8 Å². The Kier molecular flexibility index (Phi) is 4.55. The lowest BCUT2D eigenvalue weighted by Crippen LogP contribution is -2.42. The Morgan fingerprint density at radius 2 is 2.12 bits per heavy atom. The predicted octanol–water partition coefficient (Wildman–Crippen LogP) is 2.47. The largest absolute Gasteiger partial charge is 0.380 e. The van der Waals surface area contributed by atoms with Crippen LogP contribution in [0.3, 0.4) is 0 Å². The normalized spacial score (nSPS) is 31.1. The summed E-state index contributed by atoms with van der Waals surface area (Å²) in [6, 6.07) is 4.51. The number of hydrogen-bond acceptors (Lipinski definition) is 4. The Balaban J connectivity index is 1.44. The lowest BCUT2D eigenvalue weighted by atomic mass is 9.82. The molecule has 5 nitrogen and oxygen atoms in total. The highest BCUT2D eigenvalue weighted by atomic mass is 16.5. The van der Waals surface area contributed by atoms with E-state index in [0.717, 1.165) is 37.1 Å². The third-order valence-electron chi connectivity index (χ3n) is 6.11. The number of amides is 1. The molecule has 1 N–H and O–H groups in total. The molecule has 3 heterocycles. The number of aromatic nitrogens is 1. The van der Waals surface area contributed by atoms with Crippen molar-refractivity contribution in [2.75, 3.05) is 31.6 Å². The maximum atomic E-state index is 12.9. The van der Waals surface area contributed by atoms with Gasteiger partial charge in [-0.05, 0) is 43.7 Å². The number of pyridine rings is 1. The highest BCUT2D eigenvalue weighted by molar-refractivity contribution is 5.93. The first kappa shape index (κ1) is 16.0. The van der Waals surface area contributed by atoms with Crippen molar-refractivity contribution in [1.82, 2.24) is 9.88 Å². The molecule has 3 atom stereocenters. The average molecular weight is 329 g/mol. The molecule has 1 aromatic heterocycles. The number of carbonyl (C=O) groups is 1. The number of likely N-dealkylation sites (tertiary alicyclic amines) is 1. The van der Waals surface area contributed by atoms with Gasteiger partial charge in [0.15, 0.2) is 0 Å². The standard InChI is InChI=1S/C19H27N3O2/c1-13-18(7-4-8-20-13)21-19(23)17-12-24-11-14-9-22(10-16(14)17)15-5-2-3-6-15/h4,7-8,14-17H,2-3,5-6,9-12H2,1H3,(H,21,23)/t14-,16-,17+/m0/s1. The SMILES string of the molecule is Cc1ncccc1NC(=O)[C@@H]1COC[C@@H]2CN(C3CCCC3)C[C@@H]21. The maximum absolute atomic E-state index is 12.9. The van der Waals surface area contributed by atoms with Gasteiger partial charge in [-0.3, -0.25) is 14.7 Å². The van der Waals surface area contributed by atoms with Crippen molar-refractivity contribution in [3.63, 3.8) is 0 Å². The Labute approximate surface area is 143 Å². The van der Waals surface area contributed by atoms with Crippen LogP contribution in [0.2, 0.25) is 0 Å². The molecular weight excluding hydrogens is 302 g/mol. The molecule has 2 aliphatic heterocycles. The number of hydrogen-bond donors (Lipinski definition) is 1. The van der Waals surface area contributed by atoms with Crippen LogP contribution < -0.4 is 5.32 Å². The first-order valence-corrected chi connectivity index (χ1v) is 9.26. The van der Waals surface area contributed by atoms with Crippen molar-refractivity contribution in [2.45, 2.75) is 38.6 Å². The molecular formula is C19H27N3O2. The summed E-state index contributed by atoms with van der Waals surface area (Å²) in [6.45, 7) is 5.44. The van der Waals surface area contributed by atoms with Gasteiger partial charge in [0.05, 0.1) is 30.5 Å². The van der Waals surface area contributed by atoms with Crippen LogP contribution in [0.15, 0.2) is 18.3 Å². The second kappa shape index (κ2) is 6.81. The van der Waals surface area contributed by atoms with Crippen molar-refractivity contribution < 1.29 is 9.53 Å². The van der Waals surface area contributed by atoms with Gasteiger partial charge in [-0.1, -0.05) is 12.8 Å². The minimum atomic E-state index is -0.0465. The van der Waals surface area contributed by atoms with Gasteiger partial charge in [0.2, 0.25) is 5.91 Å². The lowest BCUT2D eigenvalue weighted by Gasteiger charge is -2.32. The van der Waals surface area contributed by atoms with Gasteiger partial charge in [-0.2, -0.15) is 0 Å². The summed E-state index contributed by atoms with van der Waals surface area (Å²) < 4.78 is 5.79. The average Bonchev–Trinajstić information content (AvgIpc) is 3.25. The Hall–Kier alpha value is -1.46. The van der Waals surface area contributed by atoms with Crippen molar-refractivity contribution in [1.29, 1.82) is 0 Å². The monoisotopic (exact) mass is 329 g/mol. The Morgan fingerprint density at radius 3 is 2.92 bits per heavy atom. The van der Waals surface area contributed by atoms with Crippen LogP contribution in [0.4, 0.5) is 5.69 Å². The summed E-state index contributed by atoms with van der Waals surface area (Å²) in [4.78, 5) is 19.7. The van der Waals surface area contributed by atoms with Gasteiger partial charge in [-0.15, -0.1) is 0 Å². The number of fused-ring (bicyclic) bond motifs is 1. The Morgan fingerprint density at radius 1 is 1.29 bits per heavy atom. The molecule has 4 rings (SSSR count). The molecule has 0 aromatic carbocycles. The van der Waals surface area contributed by atoms with Crippen LogP contribution in [0.1, 0.15) is 31.4 Å². The van der Waals surface area contributed by atoms with Crippen molar-refractivity contribution in [3.8, 4) is 0 Å². The minimum Gasteiger partial charge on any atom is -0.380 e. The zero-order chi connectivity index (χ0) is 16.5. The smallest absolute Gasteiger partial charge is 0.230 e. The first-order valence-electron chi connectivity index (χ1n) is 9.26. The van der Waals surface area contributed by atoms with Crippen molar-refractivity contribution >= 4 is 11.6 Å². The maximum Gasteiger partial charge on any atom is 0.230 e. The Bertz CT molecular complexity index is 600. The molecule has 0 radical (unpaired) electrons. The van der Waals surface area contributed by atoms with E-state index in [1.54, 1.807) is 6.20 Å². The summed E-state index contributed by atoms with van der Waals surface area (Å²) in [6.07, 6.45) is 7.12. The quantitative estimate of drug-likeness (QED) is 0.925. The van der Waals surface area contributed by atoms with Gasteiger partial charge < -0.3 is 10.1 Å². The fourth-order valence-corrected chi connectivity index (χ4v) is 4.71. The third kappa shape index (κ3) is 3.07. The number of anilines is 1. The van der Waals surface area contributed by atoms with Crippen molar-refractivity contribution in [3.05, 3.63) is 24.0 Å². The fourth-order valence-electron chi connectivity index (χ4n) is 4.71. The van der Waals surface area contributed by atoms with Crippen LogP contribution in [-0.2, 0) is 9.53 Å². The van der Waals surface area contributed by atoms with E-state index in [2.05, 4.69) is 15.2 Å². The zero-order valence-corrected chi connectivity index (χ0v) is 14.4. The first-order chi connectivity index (χ1) is 11.7. The summed E-state index contributed by atoms with van der Waals surface area (Å²) in [5.74, 6) is 0.977. The molecule has 1 saturated carbocycles. The molecule has 0 unspecified atom stereocenters. The minimum absolute atomic E-state index is 0.0465. The van der Waals surface area contributed by atoms with E-state index in [4.69, 9.17) is 4.74 Å². The lowest BCUT2D eigenvalue weighted by molar-refractivity contribution is -0.128. The van der Waals surface area contributed by atoms with E-state index in [-0.39, 0.29) is 11.8 Å². The molecule has 0 spiro atoms. The second-order valence-corrected chi connectivity index (χ2v) is 7.59. The molecule has 5 heteroatoms. The summed E-state index contributed by atoms with van der Waals surface area (Å²) in [7, 11) is 0. The summed E-state index contributed by atoms with van der Waals surface area (Å²) in [5, 5.41) is 3.08. The fraction of sp³-hybridized carbons (Fsp3) is 0.684. The van der Waals surface area contributed by atoms with Crippen LogP contribution in [0.5, 0.6) is 0 Å². The number of aryl methyl sites for hydroxylation is 1. The molecule has 3 aliphatic rings. The second-order valence-electron chi connectivity index (χ2n) is 7.59. The van der Waals surface area contributed by atoms with E-state index in [0.29, 0.717) is 18.4 Å². The molecule has 1 aliphatic carbocycles. The van der Waals surface area contributed by atoms with E-state index in [9.17, 15) is 4.79 Å². The van der Waals surface area contributed by atoms with E-state index in [1.807, 2.05) is 19.1 Å². The molecule has 2 saturated heterocycles. The number of nitrogens with one attached hydrogen (secondary N) is 1. The van der Waals surface area contributed by atoms with Crippen LogP contribution in [-0.4, -0.2) is 48.1 Å². The van der Waals surface area contributed by atoms with E-state index >= 15 is 0 Å². The van der Waals surface area contributed by atoms with Gasteiger partial charge in [0, 0.05) is 25.3 Å². The number of rotatable bonds is 3. The van der Waals surface area contributed by atoms with E-state index < -0.39 is 0 Å². The molecule has 1 aromatic rings. The highest BCUT2D eigenvalue weighted by Gasteiger charge is 2.45. The predicted molar refractivity (Wildman–Crippen MR) is 92.7 cm³/mol. The summed E-state index contributed by atoms with van der Waals surface area (Å²) >= 11 is 0. The molecule has 0 bridgehead atoms. The number of carbonyl (C=O) groups excluding carboxylic acids is 1. The van der Waals surface area contributed by atoms with Gasteiger partial charge >= 0.3 is 0 Å². The van der Waals surface area contributed by atoms with E-state index in [1.165, 1.54) is 25.7 Å².